The standard InChI is InChI=1S/C10H9BrN2O2/c11-6-1-2-8-7(5-6)9(13-15)3-4-10(14)12-8/h1-2,5,15H,3-4H2,(H,12,14)/b13-9+. The minimum absolute atomic E-state index is 0.0581. The van der Waals surface area contributed by atoms with Crippen molar-refractivity contribution >= 4 is 33.2 Å². The Kier molecular flexibility index (Phi) is 2.73. The highest BCUT2D eigenvalue weighted by molar-refractivity contribution is 9.10. The molecule has 1 aromatic rings. The maximum absolute atomic E-state index is 11.3. The number of rotatable bonds is 0. The van der Waals surface area contributed by atoms with Gasteiger partial charge in [-0.25, -0.2) is 0 Å². The Morgan fingerprint density at radius 2 is 2.20 bits per heavy atom. The van der Waals surface area contributed by atoms with Gasteiger partial charge in [0, 0.05) is 28.6 Å². The van der Waals surface area contributed by atoms with Crippen LogP contribution in [0.1, 0.15) is 18.4 Å². The Morgan fingerprint density at radius 1 is 1.40 bits per heavy atom. The van der Waals surface area contributed by atoms with Gasteiger partial charge in [0.25, 0.3) is 0 Å². The highest BCUT2D eigenvalue weighted by Crippen LogP contribution is 2.25. The summed E-state index contributed by atoms with van der Waals surface area (Å²) >= 11 is 3.34. The van der Waals surface area contributed by atoms with Crippen LogP contribution in [0.4, 0.5) is 5.69 Å². The van der Waals surface area contributed by atoms with E-state index in [1.165, 1.54) is 0 Å². The highest BCUT2D eigenvalue weighted by Gasteiger charge is 2.18. The fraction of sp³-hybridized carbons (Fsp3) is 0.200. The van der Waals surface area contributed by atoms with Crippen LogP contribution in [0.3, 0.4) is 0 Å². The van der Waals surface area contributed by atoms with Crippen LogP contribution in [0.2, 0.25) is 0 Å². The number of fused-ring (bicyclic) bond motifs is 1. The van der Waals surface area contributed by atoms with E-state index in [-0.39, 0.29) is 5.91 Å². The van der Waals surface area contributed by atoms with E-state index in [1.807, 2.05) is 12.1 Å². The largest absolute Gasteiger partial charge is 0.411 e. The molecule has 0 aromatic heterocycles. The first-order valence-electron chi connectivity index (χ1n) is 4.51. The third kappa shape index (κ3) is 2.02. The quantitative estimate of drug-likeness (QED) is 0.561. The maximum atomic E-state index is 11.3. The van der Waals surface area contributed by atoms with Crippen LogP contribution < -0.4 is 5.32 Å². The Bertz CT molecular complexity index is 443. The first kappa shape index (κ1) is 10.2. The van der Waals surface area contributed by atoms with E-state index in [0.717, 1.165) is 10.0 Å². The van der Waals surface area contributed by atoms with Crippen LogP contribution in [0.5, 0.6) is 0 Å². The number of carbonyl (C=O) groups excluding carboxylic acids is 1. The number of amides is 1. The van der Waals surface area contributed by atoms with Crippen LogP contribution >= 0.6 is 15.9 Å². The molecule has 15 heavy (non-hydrogen) atoms. The predicted octanol–water partition coefficient (Wildman–Crippen LogP) is 2.36. The van der Waals surface area contributed by atoms with Gasteiger partial charge >= 0.3 is 0 Å². The second-order valence-corrected chi connectivity index (χ2v) is 4.20. The summed E-state index contributed by atoms with van der Waals surface area (Å²) in [6.07, 6.45) is 0.789. The molecule has 0 aliphatic carbocycles. The Morgan fingerprint density at radius 3 is 2.93 bits per heavy atom. The van der Waals surface area contributed by atoms with E-state index in [4.69, 9.17) is 5.21 Å². The zero-order valence-corrected chi connectivity index (χ0v) is 9.41. The van der Waals surface area contributed by atoms with E-state index in [1.54, 1.807) is 6.07 Å². The fourth-order valence-corrected chi connectivity index (χ4v) is 1.91. The zero-order chi connectivity index (χ0) is 10.8. The van der Waals surface area contributed by atoms with Crippen LogP contribution in [0, 0.1) is 0 Å². The molecule has 78 valence electrons. The van der Waals surface area contributed by atoms with Crippen molar-refractivity contribution in [1.82, 2.24) is 0 Å². The van der Waals surface area contributed by atoms with Gasteiger partial charge in [0.2, 0.25) is 5.91 Å². The summed E-state index contributed by atoms with van der Waals surface area (Å²) in [7, 11) is 0. The topological polar surface area (TPSA) is 61.7 Å². The van der Waals surface area contributed by atoms with Gasteiger partial charge in [-0.15, -0.1) is 0 Å². The normalized spacial score (nSPS) is 18.2. The molecule has 4 nitrogen and oxygen atoms in total. The smallest absolute Gasteiger partial charge is 0.224 e. The number of oxime groups is 1. The van der Waals surface area contributed by atoms with E-state index in [9.17, 15) is 4.79 Å². The van der Waals surface area contributed by atoms with Crippen LogP contribution in [0.25, 0.3) is 0 Å². The summed E-state index contributed by atoms with van der Waals surface area (Å²) in [6.45, 7) is 0. The summed E-state index contributed by atoms with van der Waals surface area (Å²) < 4.78 is 0.888. The molecular formula is C10H9BrN2O2. The molecule has 1 aliphatic heterocycles. The molecule has 1 amide bonds. The van der Waals surface area contributed by atoms with Gasteiger partial charge in [-0.05, 0) is 18.2 Å². The number of hydrogen-bond acceptors (Lipinski definition) is 3. The summed E-state index contributed by atoms with van der Waals surface area (Å²) in [5.41, 5.74) is 1.98. The number of nitrogens with one attached hydrogen (secondary N) is 1. The van der Waals surface area contributed by atoms with Crippen molar-refractivity contribution in [2.24, 2.45) is 5.16 Å². The van der Waals surface area contributed by atoms with Crippen molar-refractivity contribution in [3.05, 3.63) is 28.2 Å². The average Bonchev–Trinajstić information content (AvgIpc) is 2.37. The molecule has 0 radical (unpaired) electrons. The van der Waals surface area contributed by atoms with Gasteiger partial charge in [0.1, 0.15) is 0 Å². The molecule has 0 fully saturated rings. The number of anilines is 1. The molecule has 2 rings (SSSR count). The summed E-state index contributed by atoms with van der Waals surface area (Å²) in [4.78, 5) is 11.3. The lowest BCUT2D eigenvalue weighted by atomic mass is 10.1. The second-order valence-electron chi connectivity index (χ2n) is 3.28. The lowest BCUT2D eigenvalue weighted by molar-refractivity contribution is -0.116. The summed E-state index contributed by atoms with van der Waals surface area (Å²) in [5, 5.41) is 14.9. The maximum Gasteiger partial charge on any atom is 0.224 e. The average molecular weight is 269 g/mol. The molecule has 0 saturated heterocycles. The van der Waals surface area contributed by atoms with Crippen molar-refractivity contribution < 1.29 is 10.0 Å². The minimum Gasteiger partial charge on any atom is -0.411 e. The third-order valence-corrected chi connectivity index (χ3v) is 2.77. The number of hydrogen-bond donors (Lipinski definition) is 2. The van der Waals surface area contributed by atoms with Crippen molar-refractivity contribution in [1.29, 1.82) is 0 Å². The van der Waals surface area contributed by atoms with Crippen LogP contribution in [-0.2, 0) is 4.79 Å². The lowest BCUT2D eigenvalue weighted by Crippen LogP contribution is -2.08. The summed E-state index contributed by atoms with van der Waals surface area (Å²) in [5.74, 6) is -0.0581. The predicted molar refractivity (Wildman–Crippen MR) is 60.3 cm³/mol. The van der Waals surface area contributed by atoms with E-state index < -0.39 is 0 Å². The van der Waals surface area contributed by atoms with Crippen molar-refractivity contribution in [3.8, 4) is 0 Å². The summed E-state index contributed by atoms with van der Waals surface area (Å²) in [6, 6.07) is 5.45. The van der Waals surface area contributed by atoms with Gasteiger partial charge in [0.05, 0.1) is 5.71 Å². The molecule has 0 atom stereocenters. The van der Waals surface area contributed by atoms with Gasteiger partial charge in [-0.2, -0.15) is 0 Å². The molecule has 1 heterocycles. The zero-order valence-electron chi connectivity index (χ0n) is 7.83. The molecule has 1 aromatic carbocycles. The van der Waals surface area contributed by atoms with Gasteiger partial charge < -0.3 is 10.5 Å². The van der Waals surface area contributed by atoms with Crippen molar-refractivity contribution in [2.75, 3.05) is 5.32 Å². The minimum atomic E-state index is -0.0581. The fourth-order valence-electron chi connectivity index (χ4n) is 1.55. The molecule has 1 aliphatic rings. The monoisotopic (exact) mass is 268 g/mol. The Balaban J connectivity index is 2.55. The van der Waals surface area contributed by atoms with Crippen LogP contribution in [-0.4, -0.2) is 16.8 Å². The first-order valence-corrected chi connectivity index (χ1v) is 5.30. The second kappa shape index (κ2) is 4.02. The molecular weight excluding hydrogens is 260 g/mol. The number of halogens is 1. The van der Waals surface area contributed by atoms with E-state index in [2.05, 4.69) is 26.4 Å². The lowest BCUT2D eigenvalue weighted by Gasteiger charge is -2.06. The number of nitrogens with zero attached hydrogens (tertiary/aromatic N) is 1. The molecule has 0 spiro atoms. The molecule has 2 N–H and O–H groups in total. The molecule has 0 bridgehead atoms. The molecule has 5 heteroatoms. The van der Waals surface area contributed by atoms with Gasteiger partial charge in [0.15, 0.2) is 0 Å². The van der Waals surface area contributed by atoms with Crippen molar-refractivity contribution in [3.63, 3.8) is 0 Å². The van der Waals surface area contributed by atoms with E-state index in [0.29, 0.717) is 24.2 Å². The SMILES string of the molecule is O=C1CC/C(=N\O)c2cc(Br)ccc2N1. The first-order chi connectivity index (χ1) is 7.20. The highest BCUT2D eigenvalue weighted by atomic mass is 79.9. The van der Waals surface area contributed by atoms with E-state index >= 15 is 0 Å². The van der Waals surface area contributed by atoms with Crippen LogP contribution in [0.15, 0.2) is 27.8 Å². The van der Waals surface area contributed by atoms with Gasteiger partial charge in [-0.1, -0.05) is 21.1 Å². The Labute approximate surface area is 95.1 Å². The Hall–Kier alpha value is -1.36. The number of carbonyl (C=O) groups is 1. The molecule has 0 unspecified atom stereocenters. The molecule has 0 saturated carbocycles. The third-order valence-electron chi connectivity index (χ3n) is 2.28. The van der Waals surface area contributed by atoms with Gasteiger partial charge in [-0.3, -0.25) is 4.79 Å². The van der Waals surface area contributed by atoms with Crippen molar-refractivity contribution in [2.45, 2.75) is 12.8 Å². The number of benzene rings is 1.